The molecule has 20 heavy (non-hydrogen) atoms. The van der Waals surface area contributed by atoms with Crippen molar-refractivity contribution in [3.8, 4) is 0 Å². The van der Waals surface area contributed by atoms with Crippen molar-refractivity contribution < 1.29 is 8.42 Å². The highest BCUT2D eigenvalue weighted by Gasteiger charge is 2.15. The van der Waals surface area contributed by atoms with E-state index in [-0.39, 0.29) is 11.8 Å². The summed E-state index contributed by atoms with van der Waals surface area (Å²) in [6, 6.07) is 6.91. The summed E-state index contributed by atoms with van der Waals surface area (Å²) in [7, 11) is -3.29. The second-order valence-electron chi connectivity index (χ2n) is 5.84. The lowest BCUT2D eigenvalue weighted by Gasteiger charge is -2.15. The van der Waals surface area contributed by atoms with Crippen LogP contribution in [-0.4, -0.2) is 14.5 Å². The van der Waals surface area contributed by atoms with E-state index in [0.29, 0.717) is 11.6 Å². The van der Waals surface area contributed by atoms with Crippen LogP contribution in [-0.2, 0) is 15.8 Å². The summed E-state index contributed by atoms with van der Waals surface area (Å²) in [5, 5.41) is 0. The highest BCUT2D eigenvalue weighted by atomic mass is 32.2. The van der Waals surface area contributed by atoms with Crippen molar-refractivity contribution in [2.45, 2.75) is 51.8 Å². The molecule has 0 fully saturated rings. The lowest BCUT2D eigenvalue weighted by molar-refractivity contribution is 0.488. The van der Waals surface area contributed by atoms with Crippen LogP contribution in [0.4, 0.5) is 5.69 Å². The normalized spacial score (nSPS) is 13.6. The number of hydrogen-bond donors (Lipinski definition) is 2. The van der Waals surface area contributed by atoms with E-state index in [1.807, 2.05) is 6.92 Å². The second kappa shape index (κ2) is 7.64. The van der Waals surface area contributed by atoms with Gasteiger partial charge in [0.05, 0.1) is 5.75 Å². The summed E-state index contributed by atoms with van der Waals surface area (Å²) in [6.07, 6.45) is 3.05. The lowest BCUT2D eigenvalue weighted by Crippen LogP contribution is -2.33. The van der Waals surface area contributed by atoms with Gasteiger partial charge in [0, 0.05) is 11.7 Å². The highest BCUT2D eigenvalue weighted by molar-refractivity contribution is 7.88. The van der Waals surface area contributed by atoms with Gasteiger partial charge in [0.25, 0.3) is 0 Å². The van der Waals surface area contributed by atoms with Crippen molar-refractivity contribution in [1.29, 1.82) is 0 Å². The van der Waals surface area contributed by atoms with E-state index in [1.54, 1.807) is 24.3 Å². The van der Waals surface area contributed by atoms with Crippen LogP contribution >= 0.6 is 0 Å². The summed E-state index contributed by atoms with van der Waals surface area (Å²) in [4.78, 5) is 0. The highest BCUT2D eigenvalue weighted by Crippen LogP contribution is 2.11. The molecule has 0 aliphatic heterocycles. The molecule has 0 saturated heterocycles. The van der Waals surface area contributed by atoms with Crippen molar-refractivity contribution in [2.24, 2.45) is 5.92 Å². The summed E-state index contributed by atoms with van der Waals surface area (Å²) < 4.78 is 26.8. The maximum absolute atomic E-state index is 12.0. The predicted octanol–water partition coefficient (Wildman–Crippen LogP) is 2.90. The molecule has 1 aromatic carbocycles. The SMILES string of the molecule is CC(C)CCCC(C)NS(=O)(=O)Cc1ccc(N)cc1. The van der Waals surface area contributed by atoms with Gasteiger partial charge in [0.2, 0.25) is 10.0 Å². The second-order valence-corrected chi connectivity index (χ2v) is 7.60. The van der Waals surface area contributed by atoms with Crippen molar-refractivity contribution in [3.63, 3.8) is 0 Å². The van der Waals surface area contributed by atoms with Crippen molar-refractivity contribution >= 4 is 15.7 Å². The molecule has 1 rings (SSSR count). The average molecular weight is 298 g/mol. The maximum atomic E-state index is 12.0. The van der Waals surface area contributed by atoms with E-state index < -0.39 is 10.0 Å². The predicted molar refractivity (Wildman–Crippen MR) is 84.8 cm³/mol. The Morgan fingerprint density at radius 2 is 1.70 bits per heavy atom. The molecule has 5 heteroatoms. The molecule has 0 saturated carbocycles. The van der Waals surface area contributed by atoms with Crippen LogP contribution in [0.3, 0.4) is 0 Å². The quantitative estimate of drug-likeness (QED) is 0.725. The van der Waals surface area contributed by atoms with E-state index in [9.17, 15) is 8.42 Å². The first-order chi connectivity index (χ1) is 9.28. The number of rotatable bonds is 8. The van der Waals surface area contributed by atoms with Crippen molar-refractivity contribution in [2.75, 3.05) is 5.73 Å². The molecule has 0 aromatic heterocycles. The van der Waals surface area contributed by atoms with Gasteiger partial charge in [-0.2, -0.15) is 0 Å². The Labute approximate surface area is 122 Å². The number of nitrogens with one attached hydrogen (secondary N) is 1. The number of hydrogen-bond acceptors (Lipinski definition) is 3. The number of nitrogen functional groups attached to an aromatic ring is 1. The van der Waals surface area contributed by atoms with Gasteiger partial charge in [0.15, 0.2) is 0 Å². The minimum atomic E-state index is -3.29. The van der Waals surface area contributed by atoms with E-state index in [4.69, 9.17) is 5.73 Å². The topological polar surface area (TPSA) is 72.2 Å². The monoisotopic (exact) mass is 298 g/mol. The van der Waals surface area contributed by atoms with Crippen LogP contribution in [0.2, 0.25) is 0 Å². The van der Waals surface area contributed by atoms with E-state index in [1.165, 1.54) is 0 Å². The fourth-order valence-electron chi connectivity index (χ4n) is 2.07. The molecule has 0 aliphatic rings. The van der Waals surface area contributed by atoms with E-state index in [2.05, 4.69) is 18.6 Å². The molecule has 0 heterocycles. The molecule has 114 valence electrons. The Hall–Kier alpha value is -1.07. The zero-order chi connectivity index (χ0) is 15.2. The number of anilines is 1. The van der Waals surface area contributed by atoms with Gasteiger partial charge >= 0.3 is 0 Å². The van der Waals surface area contributed by atoms with Gasteiger partial charge in [-0.3, -0.25) is 0 Å². The first-order valence-electron chi connectivity index (χ1n) is 7.13. The van der Waals surface area contributed by atoms with Gasteiger partial charge in [0.1, 0.15) is 0 Å². The molecule has 1 unspecified atom stereocenters. The minimum Gasteiger partial charge on any atom is -0.399 e. The van der Waals surface area contributed by atoms with E-state index in [0.717, 1.165) is 24.8 Å². The molecule has 0 radical (unpaired) electrons. The van der Waals surface area contributed by atoms with Crippen molar-refractivity contribution in [3.05, 3.63) is 29.8 Å². The molecular weight excluding hydrogens is 272 g/mol. The largest absolute Gasteiger partial charge is 0.399 e. The molecule has 0 amide bonds. The Bertz CT molecular complexity index is 495. The Kier molecular flexibility index (Phi) is 6.49. The fraction of sp³-hybridized carbons (Fsp3) is 0.600. The van der Waals surface area contributed by atoms with Gasteiger partial charge in [-0.25, -0.2) is 13.1 Å². The number of benzene rings is 1. The smallest absolute Gasteiger partial charge is 0.216 e. The zero-order valence-corrected chi connectivity index (χ0v) is 13.4. The van der Waals surface area contributed by atoms with Crippen LogP contribution in [0.5, 0.6) is 0 Å². The van der Waals surface area contributed by atoms with Crippen LogP contribution < -0.4 is 10.5 Å². The minimum absolute atomic E-state index is 0.00179. The van der Waals surface area contributed by atoms with Crippen LogP contribution in [0.1, 0.15) is 45.6 Å². The molecule has 0 aliphatic carbocycles. The third kappa shape index (κ3) is 6.91. The summed E-state index contributed by atoms with van der Waals surface area (Å²) in [6.45, 7) is 6.27. The van der Waals surface area contributed by atoms with Crippen LogP contribution in [0.15, 0.2) is 24.3 Å². The third-order valence-electron chi connectivity index (χ3n) is 3.14. The fourth-order valence-corrected chi connectivity index (χ4v) is 3.52. The average Bonchev–Trinajstić information content (AvgIpc) is 2.30. The first-order valence-corrected chi connectivity index (χ1v) is 8.78. The van der Waals surface area contributed by atoms with E-state index >= 15 is 0 Å². The molecule has 4 nitrogen and oxygen atoms in total. The molecule has 3 N–H and O–H groups in total. The van der Waals surface area contributed by atoms with Gasteiger partial charge < -0.3 is 5.73 Å². The van der Waals surface area contributed by atoms with Gasteiger partial charge in [-0.15, -0.1) is 0 Å². The van der Waals surface area contributed by atoms with Crippen molar-refractivity contribution in [1.82, 2.24) is 4.72 Å². The molecule has 1 aromatic rings. The number of nitrogens with two attached hydrogens (primary N) is 1. The molecule has 0 spiro atoms. The maximum Gasteiger partial charge on any atom is 0.216 e. The van der Waals surface area contributed by atoms with Gasteiger partial charge in [-0.05, 0) is 37.0 Å². The third-order valence-corrected chi connectivity index (χ3v) is 4.61. The van der Waals surface area contributed by atoms with Gasteiger partial charge in [-0.1, -0.05) is 38.8 Å². The summed E-state index contributed by atoms with van der Waals surface area (Å²) in [5.74, 6) is 0.663. The molecule has 0 bridgehead atoms. The van der Waals surface area contributed by atoms with Crippen LogP contribution in [0.25, 0.3) is 0 Å². The Balaban J connectivity index is 2.46. The first kappa shape index (κ1) is 17.0. The van der Waals surface area contributed by atoms with Crippen LogP contribution in [0, 0.1) is 5.92 Å². The zero-order valence-electron chi connectivity index (χ0n) is 12.6. The Morgan fingerprint density at radius 1 is 1.10 bits per heavy atom. The summed E-state index contributed by atoms with van der Waals surface area (Å²) >= 11 is 0. The molecule has 1 atom stereocenters. The molecular formula is C15H26N2O2S. The summed E-state index contributed by atoms with van der Waals surface area (Å²) in [5.41, 5.74) is 6.98. The number of sulfonamides is 1. The Morgan fingerprint density at radius 3 is 2.25 bits per heavy atom. The lowest BCUT2D eigenvalue weighted by atomic mass is 10.0. The standard InChI is InChI=1S/C15H26N2O2S/c1-12(2)5-4-6-13(3)17-20(18,19)11-14-7-9-15(16)10-8-14/h7-10,12-13,17H,4-6,11,16H2,1-3H3.